The normalized spacial score (nSPS) is 17.9. The molecular formula is C30H35N3O2. The third-order valence-electron chi connectivity index (χ3n) is 7.41. The number of nitrogens with zero attached hydrogens (tertiary/aromatic N) is 1. The minimum atomic E-state index is -0.608. The van der Waals surface area contributed by atoms with Gasteiger partial charge in [0, 0.05) is 18.3 Å². The molecule has 1 aliphatic heterocycles. The fraction of sp³-hybridized carbons (Fsp3) is 0.367. The third-order valence-corrected chi connectivity index (χ3v) is 7.41. The zero-order chi connectivity index (χ0) is 24.5. The van der Waals surface area contributed by atoms with Gasteiger partial charge < -0.3 is 21.1 Å². The van der Waals surface area contributed by atoms with Crippen LogP contribution in [-0.4, -0.2) is 34.5 Å². The van der Waals surface area contributed by atoms with Gasteiger partial charge in [0.05, 0.1) is 12.1 Å². The van der Waals surface area contributed by atoms with Crippen LogP contribution in [0.1, 0.15) is 58.7 Å². The highest BCUT2D eigenvalue weighted by atomic mass is 16.3. The van der Waals surface area contributed by atoms with E-state index in [2.05, 4.69) is 52.7 Å². The third kappa shape index (κ3) is 5.06. The van der Waals surface area contributed by atoms with Crippen molar-refractivity contribution in [1.82, 2.24) is 4.90 Å². The lowest BCUT2D eigenvalue weighted by atomic mass is 9.91. The predicted molar refractivity (Wildman–Crippen MR) is 141 cm³/mol. The van der Waals surface area contributed by atoms with Crippen molar-refractivity contribution in [2.24, 2.45) is 5.73 Å². The number of carbonyl (C=O) groups is 1. The highest BCUT2D eigenvalue weighted by Crippen LogP contribution is 2.41. The number of phenolic OH excluding ortho intramolecular Hbond substituents is 1. The van der Waals surface area contributed by atoms with Gasteiger partial charge in [-0.15, -0.1) is 0 Å². The molecule has 2 atom stereocenters. The second-order valence-electron chi connectivity index (χ2n) is 10.2. The fourth-order valence-electron chi connectivity index (χ4n) is 5.51. The number of nitrogens with one attached hydrogen (secondary N) is 1. The molecule has 1 fully saturated rings. The number of nitrogens with two attached hydrogens (primary N) is 1. The van der Waals surface area contributed by atoms with E-state index in [1.165, 1.54) is 16.7 Å². The van der Waals surface area contributed by atoms with Crippen molar-refractivity contribution >= 4 is 11.6 Å². The Kier molecular flexibility index (Phi) is 6.52. The summed E-state index contributed by atoms with van der Waals surface area (Å²) >= 11 is 0. The quantitative estimate of drug-likeness (QED) is 0.454. The lowest BCUT2D eigenvalue weighted by molar-refractivity contribution is -0.136. The van der Waals surface area contributed by atoms with Crippen LogP contribution in [0.15, 0.2) is 60.7 Å². The van der Waals surface area contributed by atoms with Gasteiger partial charge in [0.25, 0.3) is 0 Å². The Balaban J connectivity index is 1.41. The first-order valence-electron chi connectivity index (χ1n) is 12.7. The van der Waals surface area contributed by atoms with Gasteiger partial charge in [-0.05, 0) is 97.5 Å². The average Bonchev–Trinajstić information content (AvgIpc) is 3.67. The number of anilines is 1. The number of benzene rings is 3. The number of fused-ring (bicyclic) bond motifs is 1. The van der Waals surface area contributed by atoms with Crippen LogP contribution in [0.25, 0.3) is 0 Å². The number of aromatic hydroxyl groups is 1. The van der Waals surface area contributed by atoms with Crippen LogP contribution >= 0.6 is 0 Å². The number of amides is 1. The van der Waals surface area contributed by atoms with Crippen molar-refractivity contribution in [3.8, 4) is 5.75 Å². The van der Waals surface area contributed by atoms with Crippen molar-refractivity contribution in [3.05, 3.63) is 94.0 Å². The topological polar surface area (TPSA) is 78.6 Å². The maximum absolute atomic E-state index is 13.8. The zero-order valence-electron chi connectivity index (χ0n) is 20.6. The van der Waals surface area contributed by atoms with E-state index in [0.717, 1.165) is 54.6 Å². The number of carbonyl (C=O) groups excluding carboxylic acids is 1. The molecule has 1 amide bonds. The van der Waals surface area contributed by atoms with Crippen LogP contribution < -0.4 is 11.1 Å². The van der Waals surface area contributed by atoms with Crippen molar-refractivity contribution in [2.45, 2.75) is 64.1 Å². The monoisotopic (exact) mass is 469 g/mol. The van der Waals surface area contributed by atoms with Crippen LogP contribution in [0.3, 0.4) is 0 Å². The minimum absolute atomic E-state index is 0.0330. The van der Waals surface area contributed by atoms with Crippen LogP contribution in [0, 0.1) is 13.8 Å². The van der Waals surface area contributed by atoms with Gasteiger partial charge in [-0.3, -0.25) is 4.79 Å². The van der Waals surface area contributed by atoms with E-state index in [1.54, 1.807) is 12.1 Å². The van der Waals surface area contributed by atoms with E-state index in [1.807, 2.05) is 19.9 Å². The van der Waals surface area contributed by atoms with Gasteiger partial charge in [-0.2, -0.15) is 0 Å². The molecule has 182 valence electrons. The van der Waals surface area contributed by atoms with Crippen molar-refractivity contribution in [2.75, 3.05) is 11.9 Å². The molecule has 5 heteroatoms. The molecule has 0 aromatic heterocycles. The van der Waals surface area contributed by atoms with Crippen LogP contribution in [0.5, 0.6) is 5.75 Å². The van der Waals surface area contributed by atoms with Crippen LogP contribution in [0.2, 0.25) is 0 Å². The SMILES string of the molecule is Cc1cc(O)cc(C)c1CC(N)C(=O)N(C1CC1)C1CCNc2ccc(Cc3ccccc3)cc21. The van der Waals surface area contributed by atoms with Gasteiger partial charge in [0.15, 0.2) is 0 Å². The maximum atomic E-state index is 13.8. The maximum Gasteiger partial charge on any atom is 0.240 e. The molecule has 3 aromatic carbocycles. The molecular weight excluding hydrogens is 434 g/mol. The smallest absolute Gasteiger partial charge is 0.240 e. The predicted octanol–water partition coefficient (Wildman–Crippen LogP) is 5.02. The van der Waals surface area contributed by atoms with Crippen LogP contribution in [0.4, 0.5) is 5.69 Å². The zero-order valence-corrected chi connectivity index (χ0v) is 20.6. The van der Waals surface area contributed by atoms with Crippen molar-refractivity contribution in [1.29, 1.82) is 0 Å². The van der Waals surface area contributed by atoms with Crippen molar-refractivity contribution < 1.29 is 9.90 Å². The van der Waals surface area contributed by atoms with E-state index in [9.17, 15) is 9.90 Å². The summed E-state index contributed by atoms with van der Waals surface area (Å²) in [6.07, 6.45) is 4.31. The molecule has 4 N–H and O–H groups in total. The Morgan fingerprint density at radius 1 is 1.03 bits per heavy atom. The summed E-state index contributed by atoms with van der Waals surface area (Å²) in [5, 5.41) is 13.4. The highest BCUT2D eigenvalue weighted by molar-refractivity contribution is 5.83. The van der Waals surface area contributed by atoms with E-state index < -0.39 is 6.04 Å². The van der Waals surface area contributed by atoms with Crippen molar-refractivity contribution in [3.63, 3.8) is 0 Å². The number of hydrogen-bond donors (Lipinski definition) is 3. The molecule has 1 aliphatic carbocycles. The first-order chi connectivity index (χ1) is 16.9. The average molecular weight is 470 g/mol. The second kappa shape index (κ2) is 9.74. The van der Waals surface area contributed by atoms with Crippen LogP contribution in [-0.2, 0) is 17.6 Å². The molecule has 0 bridgehead atoms. The summed E-state index contributed by atoms with van der Waals surface area (Å²) in [4.78, 5) is 15.9. The second-order valence-corrected chi connectivity index (χ2v) is 10.2. The summed E-state index contributed by atoms with van der Waals surface area (Å²) in [6.45, 7) is 4.78. The largest absolute Gasteiger partial charge is 0.508 e. The first-order valence-corrected chi connectivity index (χ1v) is 12.7. The lowest BCUT2D eigenvalue weighted by Crippen LogP contribution is -2.48. The molecule has 0 radical (unpaired) electrons. The first kappa shape index (κ1) is 23.4. The molecule has 5 rings (SSSR count). The Labute approximate surface area is 208 Å². The Morgan fingerprint density at radius 2 is 1.74 bits per heavy atom. The summed E-state index contributed by atoms with van der Waals surface area (Å²) in [6, 6.07) is 20.3. The Bertz CT molecular complexity index is 1200. The Hall–Kier alpha value is -3.31. The molecule has 2 unspecified atom stereocenters. The summed E-state index contributed by atoms with van der Waals surface area (Å²) in [5.41, 5.74) is 14.4. The molecule has 1 saturated carbocycles. The van der Waals surface area contributed by atoms with Gasteiger partial charge in [0.1, 0.15) is 5.75 Å². The summed E-state index contributed by atoms with van der Waals surface area (Å²) in [5.74, 6) is 0.284. The summed E-state index contributed by atoms with van der Waals surface area (Å²) < 4.78 is 0. The van der Waals surface area contributed by atoms with Gasteiger partial charge in [-0.25, -0.2) is 0 Å². The number of aryl methyl sites for hydroxylation is 2. The number of phenols is 1. The van der Waals surface area contributed by atoms with E-state index in [0.29, 0.717) is 6.42 Å². The van der Waals surface area contributed by atoms with E-state index >= 15 is 0 Å². The van der Waals surface area contributed by atoms with E-state index in [-0.39, 0.29) is 23.7 Å². The molecule has 5 nitrogen and oxygen atoms in total. The highest BCUT2D eigenvalue weighted by Gasteiger charge is 2.41. The van der Waals surface area contributed by atoms with Gasteiger partial charge in [0.2, 0.25) is 5.91 Å². The standard InChI is InChI=1S/C30H35N3O2/c1-19-14-24(34)15-20(2)25(19)18-27(31)30(35)33(23-9-10-23)29-12-13-32-28-11-8-22(17-26(28)29)16-21-6-4-3-5-7-21/h3-8,11,14-15,17,23,27,29,32,34H,9-10,12-13,16,18,31H2,1-2H3. The lowest BCUT2D eigenvalue weighted by Gasteiger charge is -2.38. The van der Waals surface area contributed by atoms with E-state index in [4.69, 9.17) is 5.73 Å². The van der Waals surface area contributed by atoms with Gasteiger partial charge in [-0.1, -0.05) is 42.5 Å². The summed E-state index contributed by atoms with van der Waals surface area (Å²) in [7, 11) is 0. The van der Waals surface area contributed by atoms with Gasteiger partial charge >= 0.3 is 0 Å². The number of rotatable bonds is 7. The molecule has 0 spiro atoms. The molecule has 3 aromatic rings. The minimum Gasteiger partial charge on any atom is -0.508 e. The molecule has 0 saturated heterocycles. The number of hydrogen-bond acceptors (Lipinski definition) is 4. The fourth-order valence-corrected chi connectivity index (χ4v) is 5.51. The Morgan fingerprint density at radius 3 is 2.43 bits per heavy atom. The molecule has 1 heterocycles. The molecule has 35 heavy (non-hydrogen) atoms. The molecule has 2 aliphatic rings.